The Bertz CT molecular complexity index is 1080. The van der Waals surface area contributed by atoms with Gasteiger partial charge in [0.05, 0.1) is 15.5 Å². The van der Waals surface area contributed by atoms with Gasteiger partial charge in [-0.3, -0.25) is 0 Å². The molecule has 1 N–H and O–H groups in total. The van der Waals surface area contributed by atoms with Crippen LogP contribution in [0.15, 0.2) is 58.3 Å². The van der Waals surface area contributed by atoms with Gasteiger partial charge in [-0.15, -0.1) is 0 Å². The van der Waals surface area contributed by atoms with Crippen molar-refractivity contribution < 1.29 is 21.2 Å². The maximum absolute atomic E-state index is 14.0. The van der Waals surface area contributed by atoms with E-state index in [9.17, 15) is 21.2 Å². The van der Waals surface area contributed by atoms with Crippen LogP contribution in [0, 0.1) is 5.82 Å². The number of nitrogens with zero attached hydrogens (tertiary/aromatic N) is 2. The molecule has 1 fully saturated rings. The van der Waals surface area contributed by atoms with Crippen LogP contribution in [0.25, 0.3) is 0 Å². The highest BCUT2D eigenvalue weighted by atomic mass is 32.2. The molecule has 7 nitrogen and oxygen atoms in total. The molecule has 2 aromatic carbocycles. The predicted octanol–water partition coefficient (Wildman–Crippen LogP) is 2.41. The lowest BCUT2D eigenvalue weighted by Crippen LogP contribution is -2.48. The third-order valence-corrected chi connectivity index (χ3v) is 8.69. The van der Waals surface area contributed by atoms with Crippen LogP contribution in [0.1, 0.15) is 20.3 Å². The molecule has 1 aliphatic heterocycles. The molecule has 2 aromatic rings. The molecule has 1 atom stereocenters. The molecule has 30 heavy (non-hydrogen) atoms. The normalized spacial score (nSPS) is 17.1. The molecule has 164 valence electrons. The Balaban J connectivity index is 1.71. The molecule has 1 aliphatic rings. The first kappa shape index (κ1) is 22.7. The van der Waals surface area contributed by atoms with Crippen LogP contribution in [0.4, 0.5) is 10.1 Å². The molecule has 0 aliphatic carbocycles. The van der Waals surface area contributed by atoms with Gasteiger partial charge in [0.15, 0.2) is 0 Å². The Morgan fingerprint density at radius 3 is 2.07 bits per heavy atom. The number of sulfonamides is 2. The fourth-order valence-corrected chi connectivity index (χ4v) is 5.98. The van der Waals surface area contributed by atoms with Gasteiger partial charge in [-0.2, -0.15) is 4.31 Å². The molecule has 0 spiro atoms. The Labute approximate surface area is 177 Å². The highest BCUT2D eigenvalue weighted by molar-refractivity contribution is 7.89. The summed E-state index contributed by atoms with van der Waals surface area (Å²) in [5.41, 5.74) is 0.456. The zero-order chi connectivity index (χ0) is 21.9. The van der Waals surface area contributed by atoms with Crippen molar-refractivity contribution in [2.45, 2.75) is 36.1 Å². The van der Waals surface area contributed by atoms with Crippen LogP contribution in [0.2, 0.25) is 0 Å². The molecule has 0 saturated carbocycles. The largest absolute Gasteiger partial charge is 0.367 e. The van der Waals surface area contributed by atoms with Gasteiger partial charge in [0.2, 0.25) is 20.0 Å². The highest BCUT2D eigenvalue weighted by Crippen LogP contribution is 2.24. The molecule has 0 unspecified atom stereocenters. The number of hydrogen-bond donors (Lipinski definition) is 1. The number of anilines is 1. The van der Waals surface area contributed by atoms with E-state index < -0.39 is 20.0 Å². The second kappa shape index (κ2) is 9.01. The molecule has 0 bridgehead atoms. The lowest BCUT2D eigenvalue weighted by atomic mass is 10.2. The van der Waals surface area contributed by atoms with E-state index in [0.29, 0.717) is 25.2 Å². The van der Waals surface area contributed by atoms with E-state index in [-0.39, 0.29) is 34.7 Å². The zero-order valence-electron chi connectivity index (χ0n) is 17.0. The average molecular weight is 456 g/mol. The lowest BCUT2D eigenvalue weighted by Gasteiger charge is -2.35. The number of halogens is 1. The minimum atomic E-state index is -3.77. The fourth-order valence-electron chi connectivity index (χ4n) is 3.23. The highest BCUT2D eigenvalue weighted by Gasteiger charge is 2.29. The van der Waals surface area contributed by atoms with Crippen molar-refractivity contribution >= 4 is 25.7 Å². The number of nitrogens with one attached hydrogen (secondary N) is 1. The molecule has 0 amide bonds. The molecule has 0 aromatic heterocycles. The van der Waals surface area contributed by atoms with Crippen molar-refractivity contribution in [1.29, 1.82) is 0 Å². The van der Waals surface area contributed by atoms with Gasteiger partial charge in [0.25, 0.3) is 0 Å². The summed E-state index contributed by atoms with van der Waals surface area (Å²) in [7, 11) is -7.47. The average Bonchev–Trinajstić information content (AvgIpc) is 2.74. The maximum atomic E-state index is 14.0. The smallest absolute Gasteiger partial charge is 0.243 e. The first-order valence-electron chi connectivity index (χ1n) is 9.77. The van der Waals surface area contributed by atoms with Gasteiger partial charge >= 0.3 is 0 Å². The standard InChI is InChI=1S/C20H26FN3O4S2/c1-3-16(2)22-29(25,26)17-8-10-18(11-9-17)30(27,28)24-14-12-23(13-15-24)20-7-5-4-6-19(20)21/h4-11,16,22H,3,12-15H2,1-2H3/t16-/m1/s1. The van der Waals surface area contributed by atoms with Crippen LogP contribution in [-0.4, -0.2) is 53.4 Å². The number of piperazine rings is 1. The SMILES string of the molecule is CC[C@@H](C)NS(=O)(=O)c1ccc(S(=O)(=O)N2CCN(c3ccccc3F)CC2)cc1. The quantitative estimate of drug-likeness (QED) is 0.693. The molecule has 1 heterocycles. The summed E-state index contributed by atoms with van der Waals surface area (Å²) in [6.07, 6.45) is 0.643. The molecule has 0 radical (unpaired) electrons. The minimum absolute atomic E-state index is 0.0196. The van der Waals surface area contributed by atoms with Crippen molar-refractivity contribution in [3.8, 4) is 0 Å². The lowest BCUT2D eigenvalue weighted by molar-refractivity contribution is 0.383. The van der Waals surface area contributed by atoms with E-state index in [4.69, 9.17) is 0 Å². The van der Waals surface area contributed by atoms with Crippen LogP contribution in [0.5, 0.6) is 0 Å². The number of benzene rings is 2. The van der Waals surface area contributed by atoms with Crippen LogP contribution in [0.3, 0.4) is 0 Å². The van der Waals surface area contributed by atoms with Crippen LogP contribution in [-0.2, 0) is 20.0 Å². The Morgan fingerprint density at radius 1 is 0.933 bits per heavy atom. The zero-order valence-corrected chi connectivity index (χ0v) is 18.6. The van der Waals surface area contributed by atoms with Gasteiger partial charge in [0.1, 0.15) is 5.82 Å². The van der Waals surface area contributed by atoms with Crippen LogP contribution >= 0.6 is 0 Å². The number of para-hydroxylation sites is 1. The Kier molecular flexibility index (Phi) is 6.81. The van der Waals surface area contributed by atoms with Gasteiger partial charge in [-0.1, -0.05) is 19.1 Å². The first-order chi connectivity index (χ1) is 14.1. The first-order valence-corrected chi connectivity index (χ1v) is 12.7. The van der Waals surface area contributed by atoms with Crippen molar-refractivity contribution in [2.24, 2.45) is 0 Å². The van der Waals surface area contributed by atoms with E-state index in [2.05, 4.69) is 4.72 Å². The molecular formula is C20H26FN3O4S2. The van der Waals surface area contributed by atoms with Crippen molar-refractivity contribution in [3.63, 3.8) is 0 Å². The van der Waals surface area contributed by atoms with E-state index in [0.717, 1.165) is 0 Å². The van der Waals surface area contributed by atoms with Gasteiger partial charge in [-0.25, -0.2) is 25.9 Å². The Morgan fingerprint density at radius 2 is 1.50 bits per heavy atom. The summed E-state index contributed by atoms with van der Waals surface area (Å²) in [5, 5.41) is 0. The summed E-state index contributed by atoms with van der Waals surface area (Å²) in [5.74, 6) is -0.336. The predicted molar refractivity (Wildman–Crippen MR) is 114 cm³/mol. The molecule has 10 heteroatoms. The van der Waals surface area contributed by atoms with E-state index in [1.807, 2.05) is 11.8 Å². The maximum Gasteiger partial charge on any atom is 0.243 e. The van der Waals surface area contributed by atoms with E-state index in [1.165, 1.54) is 34.6 Å². The fraction of sp³-hybridized carbons (Fsp3) is 0.400. The Hall–Kier alpha value is -2.01. The van der Waals surface area contributed by atoms with Crippen LogP contribution < -0.4 is 9.62 Å². The van der Waals surface area contributed by atoms with Gasteiger partial charge in [-0.05, 0) is 49.7 Å². The summed E-state index contributed by atoms with van der Waals surface area (Å²) in [4.78, 5) is 1.87. The number of hydrogen-bond acceptors (Lipinski definition) is 5. The summed E-state index contributed by atoms with van der Waals surface area (Å²) in [6, 6.07) is 11.4. The monoisotopic (exact) mass is 455 g/mol. The summed E-state index contributed by atoms with van der Waals surface area (Å²) in [6.45, 7) is 4.79. The summed E-state index contributed by atoms with van der Waals surface area (Å²) >= 11 is 0. The van der Waals surface area contributed by atoms with E-state index in [1.54, 1.807) is 25.1 Å². The third-order valence-electron chi connectivity index (χ3n) is 5.17. The van der Waals surface area contributed by atoms with Gasteiger partial charge in [0, 0.05) is 32.2 Å². The minimum Gasteiger partial charge on any atom is -0.367 e. The third kappa shape index (κ3) is 4.83. The topological polar surface area (TPSA) is 86.8 Å². The second-order valence-electron chi connectivity index (χ2n) is 7.24. The van der Waals surface area contributed by atoms with Crippen molar-refractivity contribution in [3.05, 3.63) is 54.3 Å². The van der Waals surface area contributed by atoms with Crippen molar-refractivity contribution in [1.82, 2.24) is 9.03 Å². The van der Waals surface area contributed by atoms with E-state index >= 15 is 0 Å². The second-order valence-corrected chi connectivity index (χ2v) is 10.9. The molecule has 3 rings (SSSR count). The molecule has 1 saturated heterocycles. The van der Waals surface area contributed by atoms with Crippen molar-refractivity contribution in [2.75, 3.05) is 31.1 Å². The summed E-state index contributed by atoms with van der Waals surface area (Å²) < 4.78 is 68.5. The number of rotatable bonds is 7. The molecular weight excluding hydrogens is 429 g/mol. The van der Waals surface area contributed by atoms with Gasteiger partial charge < -0.3 is 4.90 Å².